The normalized spacial score (nSPS) is 10.4. The molecule has 2 N–H and O–H groups in total. The van der Waals surface area contributed by atoms with Crippen molar-refractivity contribution < 1.29 is 9.21 Å². The molecule has 1 amide bonds. The van der Waals surface area contributed by atoms with E-state index in [0.717, 1.165) is 41.6 Å². The van der Waals surface area contributed by atoms with Gasteiger partial charge in [-0.05, 0) is 12.5 Å². The molecule has 0 atom stereocenters. The van der Waals surface area contributed by atoms with Gasteiger partial charge in [0.2, 0.25) is 5.91 Å². The number of halogens is 1. The lowest BCUT2D eigenvalue weighted by Gasteiger charge is -2.16. The largest absolute Gasteiger partial charge is 0.461 e. The third kappa shape index (κ3) is 3.99. The predicted molar refractivity (Wildman–Crippen MR) is 87.6 cm³/mol. The molecule has 4 nitrogen and oxygen atoms in total. The van der Waals surface area contributed by atoms with Crippen LogP contribution >= 0.6 is 12.4 Å². The molecule has 0 aliphatic rings. The van der Waals surface area contributed by atoms with Gasteiger partial charge in [-0.3, -0.25) is 4.79 Å². The fraction of sp³-hybridized carbons (Fsp3) is 0.438. The summed E-state index contributed by atoms with van der Waals surface area (Å²) in [5.41, 5.74) is 7.42. The maximum Gasteiger partial charge on any atom is 0.236 e. The van der Waals surface area contributed by atoms with Gasteiger partial charge in [0.15, 0.2) is 0 Å². The number of benzene rings is 1. The van der Waals surface area contributed by atoms with E-state index in [2.05, 4.69) is 6.92 Å². The molecule has 116 valence electrons. The van der Waals surface area contributed by atoms with Gasteiger partial charge in [0.1, 0.15) is 11.3 Å². The van der Waals surface area contributed by atoms with Crippen molar-refractivity contribution in [1.82, 2.24) is 4.90 Å². The number of aryl methyl sites for hydroxylation is 1. The highest BCUT2D eigenvalue weighted by molar-refractivity contribution is 5.85. The van der Waals surface area contributed by atoms with Crippen molar-refractivity contribution in [2.24, 2.45) is 5.73 Å². The molecule has 5 heteroatoms. The van der Waals surface area contributed by atoms with Crippen LogP contribution in [0.2, 0.25) is 0 Å². The third-order valence-electron chi connectivity index (χ3n) is 3.53. The molecule has 0 saturated heterocycles. The van der Waals surface area contributed by atoms with Gasteiger partial charge in [0, 0.05) is 31.0 Å². The van der Waals surface area contributed by atoms with Crippen LogP contribution in [0.25, 0.3) is 11.0 Å². The Kier molecular flexibility index (Phi) is 6.72. The quantitative estimate of drug-likeness (QED) is 0.892. The molecule has 1 heterocycles. The van der Waals surface area contributed by atoms with Crippen LogP contribution in [-0.2, 0) is 17.8 Å². The number of likely N-dealkylation sites (N-methyl/N-ethyl adjacent to an activating group) is 1. The first-order valence-electron chi connectivity index (χ1n) is 7.10. The Labute approximate surface area is 131 Å². The van der Waals surface area contributed by atoms with Crippen molar-refractivity contribution in [2.75, 3.05) is 13.6 Å². The van der Waals surface area contributed by atoms with Crippen molar-refractivity contribution >= 4 is 29.3 Å². The molecule has 0 aliphatic carbocycles. The number of hydrogen-bond acceptors (Lipinski definition) is 3. The molecule has 1 aromatic heterocycles. The first kappa shape index (κ1) is 17.5. The number of amides is 1. The minimum absolute atomic E-state index is 0. The van der Waals surface area contributed by atoms with Gasteiger partial charge >= 0.3 is 0 Å². The van der Waals surface area contributed by atoms with Crippen LogP contribution < -0.4 is 5.73 Å². The Morgan fingerprint density at radius 3 is 2.71 bits per heavy atom. The minimum atomic E-state index is -0.0586. The van der Waals surface area contributed by atoms with E-state index in [-0.39, 0.29) is 24.9 Å². The van der Waals surface area contributed by atoms with Crippen LogP contribution in [0.4, 0.5) is 0 Å². The second kappa shape index (κ2) is 8.05. The molecule has 0 fully saturated rings. The van der Waals surface area contributed by atoms with E-state index >= 15 is 0 Å². The summed E-state index contributed by atoms with van der Waals surface area (Å²) in [6, 6.07) is 7.98. The maximum absolute atomic E-state index is 11.7. The van der Waals surface area contributed by atoms with E-state index in [0.29, 0.717) is 6.54 Å². The van der Waals surface area contributed by atoms with Crippen molar-refractivity contribution in [3.8, 4) is 0 Å². The molecular formula is C16H23ClN2O2. The second-order valence-corrected chi connectivity index (χ2v) is 5.06. The van der Waals surface area contributed by atoms with Gasteiger partial charge in [0.05, 0.1) is 6.54 Å². The summed E-state index contributed by atoms with van der Waals surface area (Å²) in [5.74, 6) is 0.932. The summed E-state index contributed by atoms with van der Waals surface area (Å²) in [6.45, 7) is 2.75. The first-order chi connectivity index (χ1) is 9.67. The molecule has 2 aromatic rings. The lowest BCUT2D eigenvalue weighted by atomic mass is 10.1. The summed E-state index contributed by atoms with van der Waals surface area (Å²) < 4.78 is 5.95. The second-order valence-electron chi connectivity index (χ2n) is 5.06. The highest BCUT2D eigenvalue weighted by atomic mass is 35.5. The fourth-order valence-corrected chi connectivity index (χ4v) is 2.34. The van der Waals surface area contributed by atoms with E-state index in [1.165, 1.54) is 0 Å². The number of furan rings is 1. The zero-order valence-electron chi connectivity index (χ0n) is 12.6. The Morgan fingerprint density at radius 2 is 2.05 bits per heavy atom. The number of para-hydroxylation sites is 1. The van der Waals surface area contributed by atoms with E-state index in [9.17, 15) is 4.79 Å². The summed E-state index contributed by atoms with van der Waals surface area (Å²) >= 11 is 0. The Balaban J connectivity index is 0.00000220. The molecule has 2 rings (SSSR count). The molecule has 0 spiro atoms. The number of carbonyl (C=O) groups is 1. The summed E-state index contributed by atoms with van der Waals surface area (Å²) in [6.07, 6.45) is 3.11. The number of rotatable bonds is 6. The van der Waals surface area contributed by atoms with Gasteiger partial charge in [0.25, 0.3) is 0 Å². The number of nitrogens with zero attached hydrogens (tertiary/aromatic N) is 1. The summed E-state index contributed by atoms with van der Waals surface area (Å²) in [5, 5.41) is 1.09. The summed E-state index contributed by atoms with van der Waals surface area (Å²) in [7, 11) is 1.78. The van der Waals surface area contributed by atoms with E-state index in [1.54, 1.807) is 11.9 Å². The SMILES string of the molecule is CCCCc1oc2ccccc2c1CN(C)C(=O)CN.Cl. The smallest absolute Gasteiger partial charge is 0.236 e. The monoisotopic (exact) mass is 310 g/mol. The van der Waals surface area contributed by atoms with Crippen LogP contribution in [0.5, 0.6) is 0 Å². The summed E-state index contributed by atoms with van der Waals surface area (Å²) in [4.78, 5) is 13.3. The van der Waals surface area contributed by atoms with Gasteiger partial charge in [-0.2, -0.15) is 0 Å². The topological polar surface area (TPSA) is 59.5 Å². The minimum Gasteiger partial charge on any atom is -0.461 e. The Hall–Kier alpha value is -1.52. The highest BCUT2D eigenvalue weighted by Gasteiger charge is 2.17. The molecule has 1 aromatic carbocycles. The van der Waals surface area contributed by atoms with Gasteiger partial charge in [-0.25, -0.2) is 0 Å². The number of nitrogens with two attached hydrogens (primary N) is 1. The molecule has 21 heavy (non-hydrogen) atoms. The Bertz CT molecular complexity index is 595. The molecule has 0 radical (unpaired) electrons. The molecule has 0 aliphatic heterocycles. The lowest BCUT2D eigenvalue weighted by molar-refractivity contribution is -0.128. The van der Waals surface area contributed by atoms with Crippen molar-refractivity contribution in [2.45, 2.75) is 32.7 Å². The van der Waals surface area contributed by atoms with Crippen LogP contribution in [0, 0.1) is 0 Å². The van der Waals surface area contributed by atoms with Crippen LogP contribution in [0.1, 0.15) is 31.1 Å². The van der Waals surface area contributed by atoms with Crippen molar-refractivity contribution in [1.29, 1.82) is 0 Å². The number of fused-ring (bicyclic) bond motifs is 1. The van der Waals surface area contributed by atoms with E-state index in [4.69, 9.17) is 10.2 Å². The molecule has 0 unspecified atom stereocenters. The zero-order chi connectivity index (χ0) is 14.5. The maximum atomic E-state index is 11.7. The zero-order valence-corrected chi connectivity index (χ0v) is 13.4. The van der Waals surface area contributed by atoms with Gasteiger partial charge < -0.3 is 15.1 Å². The van der Waals surface area contributed by atoms with Crippen molar-refractivity contribution in [3.05, 3.63) is 35.6 Å². The standard InChI is InChI=1S/C16H22N2O2.ClH/c1-3-4-8-15-13(11-18(2)16(19)10-17)12-7-5-6-9-14(12)20-15;/h5-7,9H,3-4,8,10-11,17H2,1-2H3;1H. The number of carbonyl (C=O) groups excluding carboxylic acids is 1. The number of unbranched alkanes of at least 4 members (excludes halogenated alkanes) is 1. The average molecular weight is 311 g/mol. The van der Waals surface area contributed by atoms with Crippen molar-refractivity contribution in [3.63, 3.8) is 0 Å². The van der Waals surface area contributed by atoms with Crippen LogP contribution in [0.15, 0.2) is 28.7 Å². The highest BCUT2D eigenvalue weighted by Crippen LogP contribution is 2.28. The molecule has 0 bridgehead atoms. The van der Waals surface area contributed by atoms with E-state index in [1.807, 2.05) is 24.3 Å². The lowest BCUT2D eigenvalue weighted by Crippen LogP contribution is -2.32. The first-order valence-corrected chi connectivity index (χ1v) is 7.10. The van der Waals surface area contributed by atoms with Gasteiger partial charge in [-0.15, -0.1) is 12.4 Å². The predicted octanol–water partition coefficient (Wildman–Crippen LogP) is 3.11. The third-order valence-corrected chi connectivity index (χ3v) is 3.53. The van der Waals surface area contributed by atoms with Crippen LogP contribution in [0.3, 0.4) is 0 Å². The number of hydrogen-bond donors (Lipinski definition) is 1. The average Bonchev–Trinajstić information content (AvgIpc) is 2.82. The van der Waals surface area contributed by atoms with E-state index < -0.39 is 0 Å². The molecule has 0 saturated carbocycles. The molecular weight excluding hydrogens is 288 g/mol. The van der Waals surface area contributed by atoms with Crippen LogP contribution in [-0.4, -0.2) is 24.4 Å². The fourth-order valence-electron chi connectivity index (χ4n) is 2.34. The van der Waals surface area contributed by atoms with Gasteiger partial charge in [-0.1, -0.05) is 31.5 Å². The Morgan fingerprint density at radius 1 is 1.33 bits per heavy atom.